The fourth-order valence-electron chi connectivity index (χ4n) is 1.88. The Kier molecular flexibility index (Phi) is 6.24. The minimum Gasteiger partial charge on any atom is -0.504 e. The van der Waals surface area contributed by atoms with E-state index in [1.165, 1.54) is 19.2 Å². The van der Waals surface area contributed by atoms with Gasteiger partial charge >= 0.3 is 12.1 Å². The number of hydrogen-bond donors (Lipinski definition) is 3. The van der Waals surface area contributed by atoms with Crippen molar-refractivity contribution < 1.29 is 29.3 Å². The number of hydrogen-bond acceptors (Lipinski definition) is 6. The Hall–Kier alpha value is -2.44. The lowest BCUT2D eigenvalue weighted by Crippen LogP contribution is -2.44. The number of amides is 1. The smallest absolute Gasteiger partial charge is 0.408 e. The van der Waals surface area contributed by atoms with Gasteiger partial charge in [0, 0.05) is 0 Å². The first kappa shape index (κ1) is 18.6. The van der Waals surface area contributed by atoms with Crippen LogP contribution in [0.25, 0.3) is 0 Å². The summed E-state index contributed by atoms with van der Waals surface area (Å²) < 4.78 is 9.79. The molecule has 0 spiro atoms. The van der Waals surface area contributed by atoms with Gasteiger partial charge in [-0.1, -0.05) is 6.07 Å². The number of rotatable bonds is 5. The minimum absolute atomic E-state index is 0.217. The summed E-state index contributed by atoms with van der Waals surface area (Å²) in [4.78, 5) is 23.6. The predicted octanol–water partition coefficient (Wildman–Crippen LogP) is 2.10. The number of benzene rings is 1. The molecule has 0 saturated carbocycles. The molecule has 23 heavy (non-hydrogen) atoms. The van der Waals surface area contributed by atoms with E-state index in [1.807, 2.05) is 0 Å². The first-order chi connectivity index (χ1) is 10.6. The predicted molar refractivity (Wildman–Crippen MR) is 83.3 cm³/mol. The second-order valence-electron chi connectivity index (χ2n) is 6.08. The Morgan fingerprint density at radius 2 is 1.87 bits per heavy atom. The standard InChI is InChI=1S/C16H23NO6/c1-16(2,3)23-15(21)17-11(14(20)22-4)7-5-10-6-8-12(18)13(19)9-10/h6,8-9,11,18-19H,5,7H2,1-4H3,(H,17,21). The fourth-order valence-corrected chi connectivity index (χ4v) is 1.88. The number of phenols is 2. The third kappa shape index (κ3) is 6.46. The molecule has 1 aromatic rings. The molecule has 0 fully saturated rings. The third-order valence-corrected chi connectivity index (χ3v) is 2.94. The number of phenolic OH excluding ortho intramolecular Hbond substituents is 2. The summed E-state index contributed by atoms with van der Waals surface area (Å²) in [5.41, 5.74) is 0.0354. The topological polar surface area (TPSA) is 105 Å². The number of esters is 1. The Balaban J connectivity index is 2.69. The normalized spacial score (nSPS) is 12.3. The lowest BCUT2D eigenvalue weighted by Gasteiger charge is -2.22. The summed E-state index contributed by atoms with van der Waals surface area (Å²) >= 11 is 0. The van der Waals surface area contributed by atoms with Crippen molar-refractivity contribution in [3.05, 3.63) is 23.8 Å². The van der Waals surface area contributed by atoms with Crippen LogP contribution in [0.2, 0.25) is 0 Å². The summed E-state index contributed by atoms with van der Waals surface area (Å²) in [6.45, 7) is 5.16. The van der Waals surface area contributed by atoms with Crippen molar-refractivity contribution in [2.24, 2.45) is 0 Å². The summed E-state index contributed by atoms with van der Waals surface area (Å²) in [6.07, 6.45) is -0.0547. The second kappa shape index (κ2) is 7.71. The van der Waals surface area contributed by atoms with Crippen molar-refractivity contribution in [3.8, 4) is 11.5 Å². The van der Waals surface area contributed by atoms with Crippen LogP contribution in [0.3, 0.4) is 0 Å². The van der Waals surface area contributed by atoms with Gasteiger partial charge < -0.3 is 25.0 Å². The zero-order valence-corrected chi connectivity index (χ0v) is 13.8. The molecule has 0 heterocycles. The van der Waals surface area contributed by atoms with Gasteiger partial charge in [-0.3, -0.25) is 0 Å². The van der Waals surface area contributed by atoms with Crippen LogP contribution >= 0.6 is 0 Å². The molecule has 0 bridgehead atoms. The molecular formula is C16H23NO6. The summed E-state index contributed by atoms with van der Waals surface area (Å²) in [6, 6.07) is 3.51. The first-order valence-electron chi connectivity index (χ1n) is 7.20. The highest BCUT2D eigenvalue weighted by Gasteiger charge is 2.24. The molecule has 0 saturated heterocycles. The first-order valence-corrected chi connectivity index (χ1v) is 7.20. The van der Waals surface area contributed by atoms with Crippen LogP contribution in [0, 0.1) is 0 Å². The number of nitrogens with one attached hydrogen (secondary N) is 1. The van der Waals surface area contributed by atoms with Gasteiger partial charge in [0.25, 0.3) is 0 Å². The Labute approximate surface area is 135 Å². The zero-order chi connectivity index (χ0) is 17.6. The molecule has 0 aliphatic rings. The summed E-state index contributed by atoms with van der Waals surface area (Å²) in [7, 11) is 1.23. The van der Waals surface area contributed by atoms with E-state index in [4.69, 9.17) is 4.74 Å². The largest absolute Gasteiger partial charge is 0.504 e. The SMILES string of the molecule is COC(=O)C(CCc1ccc(O)c(O)c1)NC(=O)OC(C)(C)C. The van der Waals surface area contributed by atoms with E-state index >= 15 is 0 Å². The van der Waals surface area contributed by atoms with Crippen LogP contribution in [0.1, 0.15) is 32.8 Å². The van der Waals surface area contributed by atoms with E-state index in [9.17, 15) is 19.8 Å². The van der Waals surface area contributed by atoms with Gasteiger partial charge in [0.2, 0.25) is 0 Å². The molecule has 1 atom stereocenters. The number of aromatic hydroxyl groups is 2. The molecule has 1 rings (SSSR count). The Bertz CT molecular complexity index is 564. The van der Waals surface area contributed by atoms with Gasteiger partial charge in [-0.05, 0) is 51.3 Å². The summed E-state index contributed by atoms with van der Waals surface area (Å²) in [5, 5.41) is 21.2. The Morgan fingerprint density at radius 3 is 2.39 bits per heavy atom. The number of aryl methyl sites for hydroxylation is 1. The number of ether oxygens (including phenoxy) is 2. The second-order valence-corrected chi connectivity index (χ2v) is 6.08. The molecule has 128 valence electrons. The molecule has 0 aliphatic heterocycles. The van der Waals surface area contributed by atoms with Crippen molar-refractivity contribution in [2.45, 2.75) is 45.3 Å². The van der Waals surface area contributed by atoms with E-state index in [-0.39, 0.29) is 17.9 Å². The van der Waals surface area contributed by atoms with Gasteiger partial charge in [-0.15, -0.1) is 0 Å². The number of carbonyl (C=O) groups excluding carboxylic acids is 2. The maximum absolute atomic E-state index is 11.8. The lowest BCUT2D eigenvalue weighted by molar-refractivity contribution is -0.143. The maximum atomic E-state index is 11.8. The van der Waals surface area contributed by atoms with E-state index < -0.39 is 23.7 Å². The van der Waals surface area contributed by atoms with Crippen molar-refractivity contribution in [1.82, 2.24) is 5.32 Å². The van der Waals surface area contributed by atoms with Crippen molar-refractivity contribution in [1.29, 1.82) is 0 Å². The van der Waals surface area contributed by atoms with E-state index in [0.29, 0.717) is 12.0 Å². The van der Waals surface area contributed by atoms with Crippen LogP contribution < -0.4 is 5.32 Å². The number of methoxy groups -OCH3 is 1. The van der Waals surface area contributed by atoms with E-state index in [0.717, 1.165) is 0 Å². The molecule has 0 radical (unpaired) electrons. The van der Waals surface area contributed by atoms with E-state index in [2.05, 4.69) is 10.1 Å². The molecule has 1 aromatic carbocycles. The molecule has 0 aliphatic carbocycles. The fraction of sp³-hybridized carbons (Fsp3) is 0.500. The monoisotopic (exact) mass is 325 g/mol. The molecular weight excluding hydrogens is 302 g/mol. The minimum atomic E-state index is -0.870. The van der Waals surface area contributed by atoms with Crippen molar-refractivity contribution >= 4 is 12.1 Å². The van der Waals surface area contributed by atoms with Crippen LogP contribution in [0.5, 0.6) is 11.5 Å². The van der Waals surface area contributed by atoms with Gasteiger partial charge in [0.1, 0.15) is 11.6 Å². The van der Waals surface area contributed by atoms with Crippen LogP contribution in [0.15, 0.2) is 18.2 Å². The average Bonchev–Trinajstić information content (AvgIpc) is 2.44. The molecule has 1 unspecified atom stereocenters. The zero-order valence-electron chi connectivity index (χ0n) is 13.8. The molecule has 1 amide bonds. The lowest BCUT2D eigenvalue weighted by atomic mass is 10.0. The van der Waals surface area contributed by atoms with Gasteiger partial charge in [0.15, 0.2) is 11.5 Å². The third-order valence-electron chi connectivity index (χ3n) is 2.94. The van der Waals surface area contributed by atoms with Gasteiger partial charge in [-0.25, -0.2) is 9.59 Å². The van der Waals surface area contributed by atoms with Gasteiger partial charge in [0.05, 0.1) is 7.11 Å². The molecule has 3 N–H and O–H groups in total. The highest BCUT2D eigenvalue weighted by Crippen LogP contribution is 2.25. The average molecular weight is 325 g/mol. The van der Waals surface area contributed by atoms with Crippen LogP contribution in [-0.4, -0.2) is 41.0 Å². The highest BCUT2D eigenvalue weighted by atomic mass is 16.6. The Morgan fingerprint density at radius 1 is 1.22 bits per heavy atom. The molecule has 7 nitrogen and oxygen atoms in total. The van der Waals surface area contributed by atoms with Crippen molar-refractivity contribution in [2.75, 3.05) is 7.11 Å². The molecule has 7 heteroatoms. The maximum Gasteiger partial charge on any atom is 0.408 e. The quantitative estimate of drug-likeness (QED) is 0.565. The molecule has 0 aromatic heterocycles. The number of carbonyl (C=O) groups is 2. The summed E-state index contributed by atoms with van der Waals surface area (Å²) in [5.74, 6) is -1.04. The van der Waals surface area contributed by atoms with Crippen LogP contribution in [0.4, 0.5) is 4.79 Å². The van der Waals surface area contributed by atoms with Crippen LogP contribution in [-0.2, 0) is 20.7 Å². The van der Waals surface area contributed by atoms with Crippen molar-refractivity contribution in [3.63, 3.8) is 0 Å². The van der Waals surface area contributed by atoms with E-state index in [1.54, 1.807) is 26.8 Å². The number of alkyl carbamates (subject to hydrolysis) is 1. The highest BCUT2D eigenvalue weighted by molar-refractivity contribution is 5.81. The van der Waals surface area contributed by atoms with Gasteiger partial charge in [-0.2, -0.15) is 0 Å².